The lowest BCUT2D eigenvalue weighted by Gasteiger charge is -2.21. The maximum atomic E-state index is 5.44. The molecule has 1 aliphatic rings. The van der Waals surface area contributed by atoms with Crippen molar-refractivity contribution in [2.24, 2.45) is 0 Å². The zero-order valence-corrected chi connectivity index (χ0v) is 9.29. The minimum atomic E-state index is 0.195. The molecule has 1 aromatic heterocycles. The predicted molar refractivity (Wildman–Crippen MR) is 62.4 cm³/mol. The third kappa shape index (κ3) is 1.60. The van der Waals surface area contributed by atoms with Crippen LogP contribution in [0.15, 0.2) is 18.2 Å². The summed E-state index contributed by atoms with van der Waals surface area (Å²) >= 11 is 0. The van der Waals surface area contributed by atoms with Gasteiger partial charge in [0, 0.05) is 6.54 Å². The number of fused-ring (bicyclic) bond motifs is 1. The van der Waals surface area contributed by atoms with E-state index in [-0.39, 0.29) is 6.04 Å². The molecule has 2 heterocycles. The van der Waals surface area contributed by atoms with Crippen molar-refractivity contribution in [1.82, 2.24) is 15.3 Å². The monoisotopic (exact) mass is 217 g/mol. The first-order valence-corrected chi connectivity index (χ1v) is 5.61. The van der Waals surface area contributed by atoms with E-state index in [1.807, 2.05) is 6.07 Å². The molecular weight excluding hydrogens is 202 g/mol. The van der Waals surface area contributed by atoms with Gasteiger partial charge in [-0.05, 0) is 18.6 Å². The van der Waals surface area contributed by atoms with Gasteiger partial charge in [-0.2, -0.15) is 0 Å². The maximum absolute atomic E-state index is 5.44. The first-order chi connectivity index (χ1) is 7.84. The van der Waals surface area contributed by atoms with Gasteiger partial charge in [0.15, 0.2) is 0 Å². The van der Waals surface area contributed by atoms with Gasteiger partial charge in [0.1, 0.15) is 5.82 Å². The van der Waals surface area contributed by atoms with Crippen LogP contribution in [0.2, 0.25) is 0 Å². The largest absolute Gasteiger partial charge is 0.378 e. The highest BCUT2D eigenvalue weighted by atomic mass is 16.5. The number of ether oxygens (including phenoxy) is 1. The quantitative estimate of drug-likeness (QED) is 0.761. The number of aromatic amines is 1. The Labute approximate surface area is 94.0 Å². The number of imidazole rings is 1. The molecule has 1 fully saturated rings. The molecule has 1 atom stereocenters. The number of nitrogens with zero attached hydrogens (tertiary/aromatic N) is 1. The summed E-state index contributed by atoms with van der Waals surface area (Å²) in [7, 11) is 0. The van der Waals surface area contributed by atoms with Gasteiger partial charge in [-0.25, -0.2) is 4.98 Å². The summed E-state index contributed by atoms with van der Waals surface area (Å²) in [6.45, 7) is 4.45. The molecule has 0 bridgehead atoms. The van der Waals surface area contributed by atoms with Gasteiger partial charge in [0.2, 0.25) is 0 Å². The molecular formula is C12H15N3O. The van der Waals surface area contributed by atoms with Crippen LogP contribution >= 0.6 is 0 Å². The topological polar surface area (TPSA) is 49.9 Å². The van der Waals surface area contributed by atoms with E-state index < -0.39 is 0 Å². The van der Waals surface area contributed by atoms with Gasteiger partial charge in [0.05, 0.1) is 30.3 Å². The zero-order valence-electron chi connectivity index (χ0n) is 9.29. The van der Waals surface area contributed by atoms with Crippen molar-refractivity contribution < 1.29 is 4.74 Å². The molecule has 2 aromatic rings. The molecule has 1 unspecified atom stereocenters. The van der Waals surface area contributed by atoms with Crippen LogP contribution in [0.5, 0.6) is 0 Å². The Morgan fingerprint density at radius 3 is 3.12 bits per heavy atom. The van der Waals surface area contributed by atoms with E-state index in [2.05, 4.69) is 34.3 Å². The van der Waals surface area contributed by atoms with E-state index in [1.54, 1.807) is 0 Å². The minimum Gasteiger partial charge on any atom is -0.378 e. The fourth-order valence-corrected chi connectivity index (χ4v) is 2.10. The Hall–Kier alpha value is -1.39. The number of aryl methyl sites for hydroxylation is 1. The summed E-state index contributed by atoms with van der Waals surface area (Å²) in [5, 5.41) is 3.40. The molecule has 0 aliphatic carbocycles. The number of rotatable bonds is 1. The molecule has 0 spiro atoms. The Kier molecular flexibility index (Phi) is 2.38. The van der Waals surface area contributed by atoms with Gasteiger partial charge >= 0.3 is 0 Å². The number of hydrogen-bond acceptors (Lipinski definition) is 3. The zero-order chi connectivity index (χ0) is 11.0. The summed E-state index contributed by atoms with van der Waals surface area (Å²) in [6.07, 6.45) is 0. The molecule has 0 amide bonds. The minimum absolute atomic E-state index is 0.195. The Morgan fingerprint density at radius 2 is 2.38 bits per heavy atom. The highest BCUT2D eigenvalue weighted by Crippen LogP contribution is 2.20. The van der Waals surface area contributed by atoms with Crippen molar-refractivity contribution in [3.05, 3.63) is 29.6 Å². The van der Waals surface area contributed by atoms with Crippen molar-refractivity contribution in [3.8, 4) is 0 Å². The summed E-state index contributed by atoms with van der Waals surface area (Å²) < 4.78 is 5.44. The molecule has 0 saturated carbocycles. The van der Waals surface area contributed by atoms with Gasteiger partial charge in [-0.15, -0.1) is 0 Å². The molecule has 4 heteroatoms. The van der Waals surface area contributed by atoms with Crippen LogP contribution in [0.1, 0.15) is 17.4 Å². The number of hydrogen-bond donors (Lipinski definition) is 2. The Morgan fingerprint density at radius 1 is 1.44 bits per heavy atom. The second kappa shape index (κ2) is 3.88. The second-order valence-corrected chi connectivity index (χ2v) is 4.17. The standard InChI is InChI=1S/C12H15N3O/c1-8-3-2-4-9-11(8)15-12(14-9)10-7-16-6-5-13-10/h2-4,10,13H,5-7H2,1H3,(H,14,15). The number of aromatic nitrogens is 2. The van der Waals surface area contributed by atoms with E-state index >= 15 is 0 Å². The maximum Gasteiger partial charge on any atom is 0.126 e. The van der Waals surface area contributed by atoms with Crippen molar-refractivity contribution >= 4 is 11.0 Å². The van der Waals surface area contributed by atoms with E-state index in [0.717, 1.165) is 30.0 Å². The first-order valence-electron chi connectivity index (χ1n) is 5.61. The van der Waals surface area contributed by atoms with Crippen LogP contribution < -0.4 is 5.32 Å². The van der Waals surface area contributed by atoms with E-state index in [0.29, 0.717) is 6.61 Å². The molecule has 84 valence electrons. The number of benzene rings is 1. The van der Waals surface area contributed by atoms with Crippen molar-refractivity contribution in [3.63, 3.8) is 0 Å². The van der Waals surface area contributed by atoms with Gasteiger partial charge in [0.25, 0.3) is 0 Å². The van der Waals surface area contributed by atoms with Crippen molar-refractivity contribution in [2.75, 3.05) is 19.8 Å². The average Bonchev–Trinajstić information content (AvgIpc) is 2.76. The molecule has 0 radical (unpaired) electrons. The first kappa shape index (κ1) is 9.81. The predicted octanol–water partition coefficient (Wildman–Crippen LogP) is 1.53. The summed E-state index contributed by atoms with van der Waals surface area (Å²) in [6, 6.07) is 6.38. The van der Waals surface area contributed by atoms with E-state index in [9.17, 15) is 0 Å². The molecule has 1 aromatic carbocycles. The number of H-pyrrole nitrogens is 1. The van der Waals surface area contributed by atoms with Crippen molar-refractivity contribution in [2.45, 2.75) is 13.0 Å². The lowest BCUT2D eigenvalue weighted by Crippen LogP contribution is -2.35. The second-order valence-electron chi connectivity index (χ2n) is 4.17. The Balaban J connectivity index is 2.01. The van der Waals surface area contributed by atoms with Crippen molar-refractivity contribution in [1.29, 1.82) is 0 Å². The van der Waals surface area contributed by atoms with Crippen LogP contribution in [0.3, 0.4) is 0 Å². The van der Waals surface area contributed by atoms with Gasteiger partial charge < -0.3 is 15.0 Å². The van der Waals surface area contributed by atoms with E-state index in [4.69, 9.17) is 4.74 Å². The van der Waals surface area contributed by atoms with Crippen LogP contribution in [-0.2, 0) is 4.74 Å². The SMILES string of the molecule is Cc1cccc2[nH]c(C3COCCN3)nc12. The summed E-state index contributed by atoms with van der Waals surface area (Å²) in [4.78, 5) is 7.99. The molecule has 2 N–H and O–H groups in total. The Bertz CT molecular complexity index is 500. The highest BCUT2D eigenvalue weighted by molar-refractivity contribution is 5.78. The third-order valence-electron chi connectivity index (χ3n) is 2.98. The fourth-order valence-electron chi connectivity index (χ4n) is 2.10. The lowest BCUT2D eigenvalue weighted by molar-refractivity contribution is 0.0746. The van der Waals surface area contributed by atoms with E-state index in [1.165, 1.54) is 5.56 Å². The van der Waals surface area contributed by atoms with Gasteiger partial charge in [-0.1, -0.05) is 12.1 Å². The number of para-hydroxylation sites is 1. The highest BCUT2D eigenvalue weighted by Gasteiger charge is 2.18. The normalized spacial score (nSPS) is 21.4. The van der Waals surface area contributed by atoms with Gasteiger partial charge in [-0.3, -0.25) is 0 Å². The molecule has 1 saturated heterocycles. The van der Waals surface area contributed by atoms with Crippen LogP contribution in [0, 0.1) is 6.92 Å². The fraction of sp³-hybridized carbons (Fsp3) is 0.417. The lowest BCUT2D eigenvalue weighted by atomic mass is 10.2. The summed E-state index contributed by atoms with van der Waals surface area (Å²) in [5.41, 5.74) is 3.36. The molecule has 16 heavy (non-hydrogen) atoms. The average molecular weight is 217 g/mol. The van der Waals surface area contributed by atoms with Crippen LogP contribution in [0.25, 0.3) is 11.0 Å². The third-order valence-corrected chi connectivity index (χ3v) is 2.98. The number of morpholine rings is 1. The molecule has 3 rings (SSSR count). The van der Waals surface area contributed by atoms with Crippen LogP contribution in [-0.4, -0.2) is 29.7 Å². The summed E-state index contributed by atoms with van der Waals surface area (Å²) in [5.74, 6) is 0.976. The number of nitrogens with one attached hydrogen (secondary N) is 2. The smallest absolute Gasteiger partial charge is 0.126 e. The molecule has 4 nitrogen and oxygen atoms in total. The molecule has 1 aliphatic heterocycles. The van der Waals surface area contributed by atoms with Crippen LogP contribution in [0.4, 0.5) is 0 Å².